The van der Waals surface area contributed by atoms with Crippen molar-refractivity contribution in [2.75, 3.05) is 18.5 Å². The second-order valence-corrected chi connectivity index (χ2v) is 5.29. The Hall–Kier alpha value is -3.33. The van der Waals surface area contributed by atoms with E-state index in [2.05, 4.69) is 20.7 Å². The van der Waals surface area contributed by atoms with E-state index in [0.717, 1.165) is 0 Å². The maximum atomic E-state index is 12.9. The van der Waals surface area contributed by atoms with Crippen molar-refractivity contribution in [1.82, 2.24) is 20.2 Å². The normalized spacial score (nSPS) is 10.5. The molecule has 0 bridgehead atoms. The minimum atomic E-state index is -0.377. The van der Waals surface area contributed by atoms with E-state index >= 15 is 0 Å². The molecule has 8 nitrogen and oxygen atoms in total. The van der Waals surface area contributed by atoms with Crippen molar-refractivity contribution < 1.29 is 19.0 Å². The number of hydrogen-bond acceptors (Lipinski definition) is 6. The highest BCUT2D eigenvalue weighted by molar-refractivity contribution is 5.90. The van der Waals surface area contributed by atoms with Gasteiger partial charge in [0.2, 0.25) is 11.7 Å². The van der Waals surface area contributed by atoms with Crippen LogP contribution in [-0.2, 0) is 11.3 Å². The topological polar surface area (TPSA) is 102 Å². The molecule has 0 aliphatic heterocycles. The molecular formula is C17H16FN5O3. The minimum absolute atomic E-state index is 0.0579. The fourth-order valence-electron chi connectivity index (χ4n) is 2.15. The molecule has 0 saturated heterocycles. The monoisotopic (exact) mass is 357 g/mol. The number of aromatic nitrogens is 4. The molecule has 0 radical (unpaired) electrons. The van der Waals surface area contributed by atoms with Gasteiger partial charge in [-0.05, 0) is 53.7 Å². The third-order valence-corrected chi connectivity index (χ3v) is 3.34. The standard InChI is InChI=1S/C17H16FN5O3/c18-13-3-5-14(6-4-13)19-16(25)11-23-21-17(20-22-23)12-1-7-15(8-2-12)26-10-9-24/h1-8,24H,9-11H2,(H,19,25). The molecule has 2 aromatic carbocycles. The summed E-state index contributed by atoms with van der Waals surface area (Å²) >= 11 is 0. The van der Waals surface area contributed by atoms with Crippen LogP contribution in [-0.4, -0.2) is 44.4 Å². The quantitative estimate of drug-likeness (QED) is 0.664. The first-order valence-electron chi connectivity index (χ1n) is 7.81. The van der Waals surface area contributed by atoms with E-state index in [4.69, 9.17) is 9.84 Å². The maximum Gasteiger partial charge on any atom is 0.248 e. The molecule has 0 fully saturated rings. The molecule has 134 valence electrons. The van der Waals surface area contributed by atoms with E-state index in [-0.39, 0.29) is 31.5 Å². The number of tetrazole rings is 1. The highest BCUT2D eigenvalue weighted by atomic mass is 19.1. The van der Waals surface area contributed by atoms with Crippen LogP contribution in [0.2, 0.25) is 0 Å². The summed E-state index contributed by atoms with van der Waals surface area (Å²) in [5.41, 5.74) is 1.20. The van der Waals surface area contributed by atoms with Crippen molar-refractivity contribution in [3.05, 3.63) is 54.3 Å². The number of carbonyl (C=O) groups is 1. The lowest BCUT2D eigenvalue weighted by molar-refractivity contribution is -0.117. The second-order valence-electron chi connectivity index (χ2n) is 5.29. The first kappa shape index (κ1) is 17.5. The highest BCUT2D eigenvalue weighted by Crippen LogP contribution is 2.18. The Labute approximate surface area is 148 Å². The van der Waals surface area contributed by atoms with Gasteiger partial charge in [-0.25, -0.2) is 4.39 Å². The Bertz CT molecular complexity index is 865. The summed E-state index contributed by atoms with van der Waals surface area (Å²) in [4.78, 5) is 13.2. The molecule has 3 rings (SSSR count). The SMILES string of the molecule is O=C(Cn1nnc(-c2ccc(OCCO)cc2)n1)Nc1ccc(F)cc1. The number of anilines is 1. The molecule has 0 saturated carbocycles. The zero-order valence-electron chi connectivity index (χ0n) is 13.7. The predicted octanol–water partition coefficient (Wildman–Crippen LogP) is 1.49. The number of nitrogens with one attached hydrogen (secondary N) is 1. The van der Waals surface area contributed by atoms with Crippen LogP contribution in [0.5, 0.6) is 5.75 Å². The number of ether oxygens (including phenoxy) is 1. The molecular weight excluding hydrogens is 341 g/mol. The van der Waals surface area contributed by atoms with Gasteiger partial charge in [-0.2, -0.15) is 4.80 Å². The third kappa shape index (κ3) is 4.61. The number of amides is 1. The zero-order chi connectivity index (χ0) is 18.4. The van der Waals surface area contributed by atoms with Gasteiger partial charge in [-0.15, -0.1) is 10.2 Å². The fraction of sp³-hybridized carbons (Fsp3) is 0.176. The van der Waals surface area contributed by atoms with Crippen LogP contribution in [0.3, 0.4) is 0 Å². The van der Waals surface area contributed by atoms with Gasteiger partial charge in [0, 0.05) is 11.3 Å². The summed E-state index contributed by atoms with van der Waals surface area (Å²) in [5, 5.41) is 23.3. The number of hydrogen-bond donors (Lipinski definition) is 2. The lowest BCUT2D eigenvalue weighted by atomic mass is 10.2. The van der Waals surface area contributed by atoms with Gasteiger partial charge in [0.15, 0.2) is 0 Å². The van der Waals surface area contributed by atoms with Crippen LogP contribution in [0, 0.1) is 5.82 Å². The number of rotatable bonds is 7. The molecule has 0 spiro atoms. The average Bonchev–Trinajstić information content (AvgIpc) is 3.10. The molecule has 0 aliphatic rings. The van der Waals surface area contributed by atoms with Crippen LogP contribution in [0.1, 0.15) is 0 Å². The maximum absolute atomic E-state index is 12.9. The lowest BCUT2D eigenvalue weighted by Gasteiger charge is -2.04. The van der Waals surface area contributed by atoms with Gasteiger partial charge in [-0.3, -0.25) is 4.79 Å². The number of nitrogens with zero attached hydrogens (tertiary/aromatic N) is 4. The van der Waals surface area contributed by atoms with Gasteiger partial charge >= 0.3 is 0 Å². The number of benzene rings is 2. The molecule has 0 atom stereocenters. The molecule has 3 aromatic rings. The van der Waals surface area contributed by atoms with Crippen LogP contribution in [0.4, 0.5) is 10.1 Å². The lowest BCUT2D eigenvalue weighted by Crippen LogP contribution is -2.20. The van der Waals surface area contributed by atoms with Crippen molar-refractivity contribution in [3.8, 4) is 17.1 Å². The Morgan fingerprint density at radius 2 is 1.88 bits per heavy atom. The first-order valence-corrected chi connectivity index (χ1v) is 7.81. The summed E-state index contributed by atoms with van der Waals surface area (Å²) in [6.07, 6.45) is 0. The molecule has 26 heavy (non-hydrogen) atoms. The van der Waals surface area contributed by atoms with E-state index in [0.29, 0.717) is 22.8 Å². The second kappa shape index (κ2) is 8.17. The van der Waals surface area contributed by atoms with E-state index in [1.54, 1.807) is 24.3 Å². The Kier molecular flexibility index (Phi) is 5.49. The van der Waals surface area contributed by atoms with Crippen LogP contribution in [0.15, 0.2) is 48.5 Å². The molecule has 9 heteroatoms. The van der Waals surface area contributed by atoms with Gasteiger partial charge in [0.05, 0.1) is 6.61 Å². The summed E-state index contributed by atoms with van der Waals surface area (Å²) in [7, 11) is 0. The third-order valence-electron chi connectivity index (χ3n) is 3.34. The van der Waals surface area contributed by atoms with Gasteiger partial charge in [-0.1, -0.05) is 0 Å². The van der Waals surface area contributed by atoms with Crippen LogP contribution < -0.4 is 10.1 Å². The summed E-state index contributed by atoms with van der Waals surface area (Å²) in [5.74, 6) is 0.258. The molecule has 2 N–H and O–H groups in total. The molecule has 0 unspecified atom stereocenters. The van der Waals surface area contributed by atoms with E-state index in [1.165, 1.54) is 29.1 Å². The number of halogens is 1. The van der Waals surface area contributed by atoms with Gasteiger partial charge < -0.3 is 15.2 Å². The molecule has 1 amide bonds. The number of aliphatic hydroxyl groups excluding tert-OH is 1. The van der Waals surface area contributed by atoms with Gasteiger partial charge in [0.1, 0.15) is 24.7 Å². The number of aliphatic hydroxyl groups is 1. The average molecular weight is 357 g/mol. The zero-order valence-corrected chi connectivity index (χ0v) is 13.7. The minimum Gasteiger partial charge on any atom is -0.491 e. The molecule has 1 heterocycles. The van der Waals surface area contributed by atoms with Crippen LogP contribution in [0.25, 0.3) is 11.4 Å². The smallest absolute Gasteiger partial charge is 0.248 e. The van der Waals surface area contributed by atoms with Crippen molar-refractivity contribution >= 4 is 11.6 Å². The Morgan fingerprint density at radius 3 is 2.58 bits per heavy atom. The van der Waals surface area contributed by atoms with Crippen molar-refractivity contribution in [3.63, 3.8) is 0 Å². The number of carbonyl (C=O) groups excluding carboxylic acids is 1. The largest absolute Gasteiger partial charge is 0.491 e. The van der Waals surface area contributed by atoms with Crippen LogP contribution >= 0.6 is 0 Å². The van der Waals surface area contributed by atoms with E-state index in [1.807, 2.05) is 0 Å². The first-order chi connectivity index (χ1) is 12.6. The van der Waals surface area contributed by atoms with Crippen molar-refractivity contribution in [2.24, 2.45) is 0 Å². The van der Waals surface area contributed by atoms with Crippen molar-refractivity contribution in [2.45, 2.75) is 6.54 Å². The fourth-order valence-corrected chi connectivity index (χ4v) is 2.15. The predicted molar refractivity (Wildman–Crippen MR) is 90.9 cm³/mol. The summed E-state index contributed by atoms with van der Waals surface area (Å²) in [6.45, 7) is 0.0383. The van der Waals surface area contributed by atoms with Gasteiger partial charge in [0.25, 0.3) is 0 Å². The summed E-state index contributed by atoms with van der Waals surface area (Å²) < 4.78 is 18.1. The molecule has 1 aromatic heterocycles. The van der Waals surface area contributed by atoms with E-state index < -0.39 is 0 Å². The van der Waals surface area contributed by atoms with Crippen molar-refractivity contribution in [1.29, 1.82) is 0 Å². The molecule has 0 aliphatic carbocycles. The Balaban J connectivity index is 1.60. The highest BCUT2D eigenvalue weighted by Gasteiger charge is 2.10. The van der Waals surface area contributed by atoms with E-state index in [9.17, 15) is 9.18 Å². The Morgan fingerprint density at radius 1 is 1.15 bits per heavy atom. The summed E-state index contributed by atoms with van der Waals surface area (Å²) in [6, 6.07) is 12.4.